The second-order valence-electron chi connectivity index (χ2n) is 9.98. The molecule has 5 rings (SSSR count). The summed E-state index contributed by atoms with van der Waals surface area (Å²) in [7, 11) is 2.07. The molecule has 0 unspecified atom stereocenters. The van der Waals surface area contributed by atoms with Crippen molar-refractivity contribution < 1.29 is 13.9 Å². The molecule has 0 spiro atoms. The predicted molar refractivity (Wildman–Crippen MR) is 156 cm³/mol. The van der Waals surface area contributed by atoms with Crippen molar-refractivity contribution in [3.05, 3.63) is 59.3 Å². The standard InChI is InChI=1S/C28H34ClFN8O2/c1-36-8-10-38(11-9-36)24-17-22(30)21(16-23(24)35-27-25(31)26(29)33-18-34-27)19-2-4-20(5-3-19)28(39)32-6-7-37-12-14-40-15-13-37/h2-5,16-18H,6-15,31H2,1H3,(H,32,39)(H,33,34,35). The fourth-order valence-corrected chi connectivity index (χ4v) is 4.98. The molecule has 2 aliphatic rings. The van der Waals surface area contributed by atoms with Gasteiger partial charge in [0.05, 0.1) is 24.6 Å². The minimum atomic E-state index is -0.365. The monoisotopic (exact) mass is 568 g/mol. The van der Waals surface area contributed by atoms with Crippen LogP contribution in [0.4, 0.5) is 27.3 Å². The minimum absolute atomic E-state index is 0.139. The number of rotatable bonds is 8. The number of hydrogen-bond donors (Lipinski definition) is 3. The molecule has 1 aromatic heterocycles. The first-order valence-corrected chi connectivity index (χ1v) is 13.8. The van der Waals surface area contributed by atoms with Crippen LogP contribution in [-0.2, 0) is 4.74 Å². The van der Waals surface area contributed by atoms with Gasteiger partial charge < -0.3 is 30.9 Å². The Balaban J connectivity index is 1.36. The maximum Gasteiger partial charge on any atom is 0.251 e. The molecular formula is C28H34ClFN8O2. The van der Waals surface area contributed by atoms with Crippen LogP contribution in [0.3, 0.4) is 0 Å². The Hall–Kier alpha value is -3.51. The maximum absolute atomic E-state index is 15.6. The van der Waals surface area contributed by atoms with Gasteiger partial charge in [-0.1, -0.05) is 23.7 Å². The molecule has 212 valence electrons. The normalized spacial score (nSPS) is 16.6. The molecule has 0 saturated carbocycles. The number of hydrogen-bond acceptors (Lipinski definition) is 9. The van der Waals surface area contributed by atoms with Crippen molar-refractivity contribution >= 4 is 40.4 Å². The van der Waals surface area contributed by atoms with Gasteiger partial charge >= 0.3 is 0 Å². The number of nitrogen functional groups attached to an aromatic ring is 1. The SMILES string of the molecule is CN1CCN(c2cc(F)c(-c3ccc(C(=O)NCCN4CCOCC4)cc3)cc2Nc2ncnc(Cl)c2N)CC1. The molecule has 3 aromatic rings. The van der Waals surface area contributed by atoms with Crippen molar-refractivity contribution in [2.75, 3.05) is 88.6 Å². The first-order chi connectivity index (χ1) is 19.4. The third-order valence-corrected chi connectivity index (χ3v) is 7.59. The van der Waals surface area contributed by atoms with E-state index in [0.717, 1.165) is 59.0 Å². The molecule has 1 amide bonds. The van der Waals surface area contributed by atoms with Gasteiger partial charge in [0.2, 0.25) is 0 Å². The minimum Gasteiger partial charge on any atom is -0.393 e. The number of benzene rings is 2. The number of likely N-dealkylation sites (N-methyl/N-ethyl adjacent to an activating group) is 1. The van der Waals surface area contributed by atoms with Crippen molar-refractivity contribution in [1.29, 1.82) is 0 Å². The van der Waals surface area contributed by atoms with Gasteiger partial charge in [-0.05, 0) is 36.9 Å². The first-order valence-electron chi connectivity index (χ1n) is 13.4. The molecule has 0 atom stereocenters. The maximum atomic E-state index is 15.6. The van der Waals surface area contributed by atoms with Gasteiger partial charge in [-0.2, -0.15) is 0 Å². The number of carbonyl (C=O) groups excluding carboxylic acids is 1. The van der Waals surface area contributed by atoms with Crippen LogP contribution in [-0.4, -0.2) is 98.3 Å². The summed E-state index contributed by atoms with van der Waals surface area (Å²) in [5.41, 5.74) is 9.23. The summed E-state index contributed by atoms with van der Waals surface area (Å²) in [5.74, 6) is -0.183. The van der Waals surface area contributed by atoms with Crippen LogP contribution >= 0.6 is 11.6 Å². The fraction of sp³-hybridized carbons (Fsp3) is 0.393. The lowest BCUT2D eigenvalue weighted by Gasteiger charge is -2.35. The molecule has 0 bridgehead atoms. The Labute approximate surface area is 238 Å². The Kier molecular flexibility index (Phi) is 8.95. The molecule has 10 nitrogen and oxygen atoms in total. The van der Waals surface area contributed by atoms with E-state index in [1.54, 1.807) is 30.3 Å². The zero-order valence-corrected chi connectivity index (χ0v) is 23.3. The van der Waals surface area contributed by atoms with Gasteiger partial charge in [-0.25, -0.2) is 14.4 Å². The van der Waals surface area contributed by atoms with Gasteiger partial charge in [-0.3, -0.25) is 9.69 Å². The van der Waals surface area contributed by atoms with Crippen molar-refractivity contribution in [2.24, 2.45) is 0 Å². The summed E-state index contributed by atoms with van der Waals surface area (Å²) in [6, 6.07) is 10.2. The molecule has 12 heteroatoms. The van der Waals surface area contributed by atoms with E-state index in [2.05, 4.69) is 42.3 Å². The van der Waals surface area contributed by atoms with E-state index in [9.17, 15) is 4.79 Å². The number of nitrogens with one attached hydrogen (secondary N) is 2. The van der Waals surface area contributed by atoms with Gasteiger partial charge in [0.1, 0.15) is 17.8 Å². The second-order valence-corrected chi connectivity index (χ2v) is 10.3. The zero-order valence-electron chi connectivity index (χ0n) is 22.5. The Morgan fingerprint density at radius 2 is 1.80 bits per heavy atom. The highest BCUT2D eigenvalue weighted by Gasteiger charge is 2.21. The average molecular weight is 569 g/mol. The fourth-order valence-electron chi connectivity index (χ4n) is 4.85. The van der Waals surface area contributed by atoms with Gasteiger partial charge in [-0.15, -0.1) is 0 Å². The Morgan fingerprint density at radius 3 is 2.52 bits per heavy atom. The van der Waals surface area contributed by atoms with Crippen LogP contribution in [0.15, 0.2) is 42.7 Å². The number of anilines is 4. The van der Waals surface area contributed by atoms with Gasteiger partial charge in [0.25, 0.3) is 5.91 Å². The van der Waals surface area contributed by atoms with Crippen molar-refractivity contribution in [3.63, 3.8) is 0 Å². The number of nitrogens with two attached hydrogens (primary N) is 1. The van der Waals surface area contributed by atoms with Crippen LogP contribution in [0.2, 0.25) is 5.15 Å². The van der Waals surface area contributed by atoms with E-state index >= 15 is 4.39 Å². The summed E-state index contributed by atoms with van der Waals surface area (Å²) in [5, 5.41) is 6.35. The zero-order chi connectivity index (χ0) is 28.1. The number of aromatic nitrogens is 2. The molecular weight excluding hydrogens is 535 g/mol. The number of morpholine rings is 1. The molecule has 0 aliphatic carbocycles. The Bertz CT molecular complexity index is 1330. The van der Waals surface area contributed by atoms with Gasteiger partial charge in [0.15, 0.2) is 11.0 Å². The van der Waals surface area contributed by atoms with E-state index in [1.165, 1.54) is 12.4 Å². The average Bonchev–Trinajstić information content (AvgIpc) is 2.97. The lowest BCUT2D eigenvalue weighted by Crippen LogP contribution is -2.44. The van der Waals surface area contributed by atoms with Gasteiger partial charge in [0, 0.05) is 63.5 Å². The van der Waals surface area contributed by atoms with Crippen LogP contribution in [0.25, 0.3) is 11.1 Å². The molecule has 4 N–H and O–H groups in total. The van der Waals surface area contributed by atoms with E-state index in [0.29, 0.717) is 40.4 Å². The van der Waals surface area contributed by atoms with Crippen LogP contribution in [0, 0.1) is 5.82 Å². The van der Waals surface area contributed by atoms with Crippen molar-refractivity contribution in [1.82, 2.24) is 25.1 Å². The molecule has 2 aliphatic heterocycles. The molecule has 0 radical (unpaired) electrons. The lowest BCUT2D eigenvalue weighted by molar-refractivity contribution is 0.0383. The quantitative estimate of drug-likeness (QED) is 0.353. The lowest BCUT2D eigenvalue weighted by atomic mass is 10.0. The third-order valence-electron chi connectivity index (χ3n) is 7.29. The van der Waals surface area contributed by atoms with E-state index in [4.69, 9.17) is 22.1 Å². The van der Waals surface area contributed by atoms with Crippen LogP contribution in [0.1, 0.15) is 10.4 Å². The summed E-state index contributed by atoms with van der Waals surface area (Å²) in [6.45, 7) is 7.73. The third kappa shape index (κ3) is 6.61. The smallest absolute Gasteiger partial charge is 0.251 e. The number of nitrogens with zero attached hydrogens (tertiary/aromatic N) is 5. The van der Waals surface area contributed by atoms with Crippen LogP contribution in [0.5, 0.6) is 0 Å². The molecule has 2 fully saturated rings. The number of halogens is 2. The summed E-state index contributed by atoms with van der Waals surface area (Å²) < 4.78 is 21.0. The largest absolute Gasteiger partial charge is 0.393 e. The predicted octanol–water partition coefficient (Wildman–Crippen LogP) is 3.08. The topological polar surface area (TPSA) is 112 Å². The van der Waals surface area contributed by atoms with E-state index in [-0.39, 0.29) is 22.6 Å². The first kappa shape index (κ1) is 28.0. The van der Waals surface area contributed by atoms with Crippen LogP contribution < -0.4 is 21.3 Å². The molecule has 2 saturated heterocycles. The van der Waals surface area contributed by atoms with E-state index in [1.807, 2.05) is 0 Å². The highest BCUT2D eigenvalue weighted by molar-refractivity contribution is 6.32. The molecule has 2 aromatic carbocycles. The number of piperazine rings is 1. The number of ether oxygens (including phenoxy) is 1. The highest BCUT2D eigenvalue weighted by Crippen LogP contribution is 2.37. The summed E-state index contributed by atoms with van der Waals surface area (Å²) >= 11 is 6.12. The summed E-state index contributed by atoms with van der Waals surface area (Å²) in [4.78, 5) is 27.5. The Morgan fingerprint density at radius 1 is 1.07 bits per heavy atom. The molecule has 3 heterocycles. The van der Waals surface area contributed by atoms with Crippen molar-refractivity contribution in [2.45, 2.75) is 0 Å². The van der Waals surface area contributed by atoms with E-state index < -0.39 is 0 Å². The summed E-state index contributed by atoms with van der Waals surface area (Å²) in [6.07, 6.45) is 1.33. The van der Waals surface area contributed by atoms with Crippen molar-refractivity contribution in [3.8, 4) is 11.1 Å². The number of amides is 1. The second kappa shape index (κ2) is 12.8. The molecule has 40 heavy (non-hydrogen) atoms. The highest BCUT2D eigenvalue weighted by atomic mass is 35.5. The number of carbonyl (C=O) groups is 1.